The predicted octanol–water partition coefficient (Wildman–Crippen LogP) is 23.5. The average molecular weight is 1230 g/mol. The third kappa shape index (κ3) is 13.4. The Kier molecular flexibility index (Phi) is 22.3. The van der Waals surface area contributed by atoms with E-state index in [-0.39, 0.29) is 18.3 Å². The molecule has 508 valence electrons. The Morgan fingerprint density at radius 1 is 0.393 bits per heavy atom. The fraction of sp³-hybridized carbons (Fsp3) is 0.907. The molecule has 0 aromatic heterocycles. The molecule has 9 fully saturated rings. The van der Waals surface area contributed by atoms with Crippen LogP contribution in [0.4, 0.5) is 0 Å². The summed E-state index contributed by atoms with van der Waals surface area (Å²) in [4.78, 5) is 0. The lowest BCUT2D eigenvalue weighted by atomic mass is 9.47. The molecule has 12 rings (SSSR count). The first-order valence-electron chi connectivity index (χ1n) is 39.9. The molecule has 0 heterocycles. The van der Waals surface area contributed by atoms with Crippen molar-refractivity contribution >= 4 is 0 Å². The molecular weight excluding hydrogens is 1080 g/mol. The summed E-state index contributed by atoms with van der Waals surface area (Å²) >= 11 is 0. The number of fused-ring (bicyclic) bond motifs is 15. The van der Waals surface area contributed by atoms with Gasteiger partial charge in [0.05, 0.1) is 18.3 Å². The minimum Gasteiger partial charge on any atom is -0.393 e. The van der Waals surface area contributed by atoms with Gasteiger partial charge in [0.15, 0.2) is 0 Å². The Labute approximate surface area is 551 Å². The van der Waals surface area contributed by atoms with Crippen molar-refractivity contribution in [2.24, 2.45) is 157 Å². The molecule has 0 aromatic rings. The van der Waals surface area contributed by atoms with Gasteiger partial charge >= 0.3 is 0 Å². The van der Waals surface area contributed by atoms with Gasteiger partial charge in [0.25, 0.3) is 0 Å². The van der Waals surface area contributed by atoms with Crippen molar-refractivity contribution < 1.29 is 15.3 Å². The van der Waals surface area contributed by atoms with Gasteiger partial charge < -0.3 is 15.3 Å². The van der Waals surface area contributed by atoms with E-state index in [1.165, 1.54) is 154 Å². The molecule has 0 aliphatic heterocycles. The minimum atomic E-state index is -0.0870. The summed E-state index contributed by atoms with van der Waals surface area (Å²) in [5, 5.41) is 30.7. The van der Waals surface area contributed by atoms with E-state index in [0.717, 1.165) is 157 Å². The maximum absolute atomic E-state index is 10.2. The van der Waals surface area contributed by atoms with E-state index < -0.39 is 0 Å². The molecule has 89 heavy (non-hydrogen) atoms. The fourth-order valence-electron chi connectivity index (χ4n) is 26.8. The van der Waals surface area contributed by atoms with Crippen molar-refractivity contribution in [3.8, 4) is 0 Å². The van der Waals surface area contributed by atoms with Crippen LogP contribution in [-0.2, 0) is 0 Å². The van der Waals surface area contributed by atoms with Crippen molar-refractivity contribution in [3.63, 3.8) is 0 Å². The summed E-state index contributed by atoms with van der Waals surface area (Å²) in [6.45, 7) is 45.0. The maximum atomic E-state index is 10.2. The monoisotopic (exact) mass is 1230 g/mol. The van der Waals surface area contributed by atoms with E-state index >= 15 is 0 Å². The molecule has 0 aromatic carbocycles. The SMILES string of the molecule is CC(C)[C@H](C)CC[C@@H](C)[C@H]1CC[C@H]2[C@@H]3CC=C4C[C@@H](O)CC[C@]4(C)[C@H]3CC[C@]12C.CC[C@H](/C=C/[C@@H](C)[C@H]1CC[C@H]2[C@@H]3CC=C4C[C@@H](O)CC[C@]4(C)[C@H]3CC[C@]12C)C(C)C.CC[C@H](CC[C@@H](C)[C@H]1CC[C@H]2[C@@H]3CC=C4C[C@@H](O)CC[C@]4(C)[C@H]3CC[C@]12C)C(C)C. The van der Waals surface area contributed by atoms with E-state index in [1.807, 2.05) is 0 Å². The van der Waals surface area contributed by atoms with Gasteiger partial charge in [0.2, 0.25) is 0 Å². The Morgan fingerprint density at radius 3 is 1.11 bits per heavy atom. The first-order chi connectivity index (χ1) is 42.1. The number of rotatable bonds is 16. The Bertz CT molecular complexity index is 2460. The third-order valence-electron chi connectivity index (χ3n) is 33.1. The van der Waals surface area contributed by atoms with E-state index in [0.29, 0.717) is 38.4 Å². The zero-order chi connectivity index (χ0) is 64.3. The number of allylic oxidation sites excluding steroid dienone is 5. The number of hydrogen-bond acceptors (Lipinski definition) is 3. The highest BCUT2D eigenvalue weighted by Gasteiger charge is 2.62. The molecule has 12 aliphatic rings. The van der Waals surface area contributed by atoms with Crippen LogP contribution in [0, 0.1) is 157 Å². The molecule has 0 radical (unpaired) electrons. The second-order valence-electron chi connectivity index (χ2n) is 38.0. The first kappa shape index (κ1) is 70.6. The Hall–Kier alpha value is -1.16. The van der Waals surface area contributed by atoms with E-state index in [2.05, 4.69) is 155 Å². The van der Waals surface area contributed by atoms with Crippen LogP contribution in [0.15, 0.2) is 47.1 Å². The van der Waals surface area contributed by atoms with Gasteiger partial charge in [-0.05, 0) is 324 Å². The summed E-state index contributed by atoms with van der Waals surface area (Å²) in [6, 6.07) is 0. The second-order valence-corrected chi connectivity index (χ2v) is 38.0. The van der Waals surface area contributed by atoms with Crippen LogP contribution in [0.25, 0.3) is 0 Å². The molecular formula is C86H146O3. The summed E-state index contributed by atoms with van der Waals surface area (Å²) in [5.74, 6) is 18.2. The second kappa shape index (κ2) is 28.1. The van der Waals surface area contributed by atoms with Crippen molar-refractivity contribution in [1.82, 2.24) is 0 Å². The number of hydrogen-bond donors (Lipinski definition) is 3. The van der Waals surface area contributed by atoms with E-state index in [9.17, 15) is 15.3 Å². The van der Waals surface area contributed by atoms with Crippen LogP contribution in [0.2, 0.25) is 0 Å². The summed E-state index contributed by atoms with van der Waals surface area (Å²) in [5.41, 5.74) is 7.68. The molecule has 0 spiro atoms. The fourth-order valence-corrected chi connectivity index (χ4v) is 26.8. The Balaban J connectivity index is 0.000000147. The number of aliphatic hydroxyl groups is 3. The molecule has 0 amide bonds. The zero-order valence-electron chi connectivity index (χ0n) is 61.8. The standard InChI is InChI=1S/C29H50O.C29H48O.C28H48O/c2*1-7-21(19(2)3)9-8-20(4)25-12-13-26-24-11-10-22-18-23(30)14-16-28(22,5)27(24)15-17-29(25,26)6;1-18(2)19(3)7-8-20(4)24-11-12-25-23-10-9-21-17-22(29)13-15-27(21,5)26(23)14-16-28(24,25)6/h10,19-21,23-27,30H,7-9,11-18H2,1-6H3;8-10,19-21,23-27,30H,7,11-18H2,1-6H3;9,18-20,22-26,29H,7-8,10-17H2,1-6H3/b;9-8+;/t2*20-,21-,23+,24+,25-,26+,27+,28+,29-;19-,20-,22+,23+,24-,25+,26+,27+,28-/m111/s1. The predicted molar refractivity (Wildman–Crippen MR) is 380 cm³/mol. The van der Waals surface area contributed by atoms with Crippen molar-refractivity contribution in [2.75, 3.05) is 0 Å². The average Bonchev–Trinajstić information content (AvgIpc) is 1.73. The molecule has 12 aliphatic carbocycles. The third-order valence-corrected chi connectivity index (χ3v) is 33.1. The molecule has 3 heteroatoms. The van der Waals surface area contributed by atoms with E-state index in [4.69, 9.17) is 0 Å². The van der Waals surface area contributed by atoms with Gasteiger partial charge in [-0.3, -0.25) is 0 Å². The Morgan fingerprint density at radius 2 is 0.764 bits per heavy atom. The van der Waals surface area contributed by atoms with Crippen LogP contribution in [0.3, 0.4) is 0 Å². The van der Waals surface area contributed by atoms with Crippen LogP contribution in [0.5, 0.6) is 0 Å². The molecule has 3 N–H and O–H groups in total. The van der Waals surface area contributed by atoms with Gasteiger partial charge in [-0.1, -0.05) is 197 Å². The molecule has 0 unspecified atom stereocenters. The summed E-state index contributed by atoms with van der Waals surface area (Å²) in [6.07, 6.45) is 51.9. The lowest BCUT2D eigenvalue weighted by Gasteiger charge is -2.58. The summed E-state index contributed by atoms with van der Waals surface area (Å²) in [7, 11) is 0. The highest BCUT2D eigenvalue weighted by molar-refractivity contribution is 5.28. The molecule has 9 saturated carbocycles. The highest BCUT2D eigenvalue weighted by Crippen LogP contribution is 2.71. The largest absolute Gasteiger partial charge is 0.393 e. The zero-order valence-corrected chi connectivity index (χ0v) is 61.8. The minimum absolute atomic E-state index is 0.0790. The maximum Gasteiger partial charge on any atom is 0.0577 e. The van der Waals surface area contributed by atoms with Crippen molar-refractivity contribution in [3.05, 3.63) is 47.1 Å². The number of aliphatic hydroxyl groups excluding tert-OH is 3. The van der Waals surface area contributed by atoms with Crippen molar-refractivity contribution in [2.45, 2.75) is 336 Å². The highest BCUT2D eigenvalue weighted by atomic mass is 16.3. The molecule has 3 nitrogen and oxygen atoms in total. The first-order valence-corrected chi connectivity index (χ1v) is 39.9. The molecule has 0 saturated heterocycles. The molecule has 27 atom stereocenters. The lowest BCUT2D eigenvalue weighted by molar-refractivity contribution is -0.0575. The van der Waals surface area contributed by atoms with Gasteiger partial charge in [0.1, 0.15) is 0 Å². The van der Waals surface area contributed by atoms with Crippen molar-refractivity contribution in [1.29, 1.82) is 0 Å². The van der Waals surface area contributed by atoms with Crippen LogP contribution >= 0.6 is 0 Å². The van der Waals surface area contributed by atoms with E-state index in [1.54, 1.807) is 16.7 Å². The quantitative estimate of drug-likeness (QED) is 0.135. The van der Waals surface area contributed by atoms with Gasteiger partial charge in [-0.2, -0.15) is 0 Å². The van der Waals surface area contributed by atoms with Crippen LogP contribution in [-0.4, -0.2) is 33.6 Å². The van der Waals surface area contributed by atoms with Gasteiger partial charge in [-0.15, -0.1) is 0 Å². The van der Waals surface area contributed by atoms with Crippen LogP contribution < -0.4 is 0 Å². The molecule has 0 bridgehead atoms. The normalized spacial score (nSPS) is 45.8. The van der Waals surface area contributed by atoms with Gasteiger partial charge in [0, 0.05) is 0 Å². The smallest absolute Gasteiger partial charge is 0.0577 e. The summed E-state index contributed by atoms with van der Waals surface area (Å²) < 4.78 is 0. The lowest BCUT2D eigenvalue weighted by Crippen LogP contribution is -2.50. The topological polar surface area (TPSA) is 60.7 Å². The van der Waals surface area contributed by atoms with Crippen LogP contribution in [0.1, 0.15) is 317 Å². The van der Waals surface area contributed by atoms with Gasteiger partial charge in [-0.25, -0.2) is 0 Å².